The molecule has 0 radical (unpaired) electrons. The summed E-state index contributed by atoms with van der Waals surface area (Å²) < 4.78 is 17.2. The Bertz CT molecular complexity index is 714. The van der Waals surface area contributed by atoms with Gasteiger partial charge in [-0.2, -0.15) is 0 Å². The molecule has 38 heavy (non-hydrogen) atoms. The summed E-state index contributed by atoms with van der Waals surface area (Å²) in [7, 11) is 0. The molecule has 0 spiro atoms. The first kappa shape index (κ1) is 33.3. The first-order chi connectivity index (χ1) is 18.7. The van der Waals surface area contributed by atoms with E-state index in [9.17, 15) is 0 Å². The van der Waals surface area contributed by atoms with Gasteiger partial charge in [0, 0.05) is 0 Å². The molecular weight excluding hydrogens is 578 g/mol. The Kier molecular flexibility index (Phi) is 20.0. The zero-order valence-electron chi connectivity index (χ0n) is 24.9. The van der Waals surface area contributed by atoms with E-state index < -0.39 is 20.4 Å². The number of unbranched alkanes of at least 4 members (excludes halogenated alkanes) is 18. The summed E-state index contributed by atoms with van der Waals surface area (Å²) in [5, 5.41) is 0. The number of aryl methyl sites for hydroxylation is 2. The Labute approximate surface area is 244 Å². The van der Waals surface area contributed by atoms with Crippen molar-refractivity contribution in [3.8, 4) is 0 Å². The van der Waals surface area contributed by atoms with Crippen LogP contribution in [0.1, 0.15) is 153 Å². The van der Waals surface area contributed by atoms with Crippen LogP contribution in [0.4, 0.5) is 2.86 Å². The van der Waals surface area contributed by atoms with Crippen molar-refractivity contribution in [1.82, 2.24) is 0 Å². The standard InChI is InChI=1S/C36H58FI/c1-3-5-7-9-11-13-15-17-19-21-23-33-25-29-35(30-26-33)38(37)36-31-27-34(28-32-36)24-22-20-18-16-14-12-10-8-6-4-2/h25-32H,3-24H2,1-2H3. The molecule has 0 nitrogen and oxygen atoms in total. The quantitative estimate of drug-likeness (QED) is 0.0794. The molecule has 0 aliphatic carbocycles. The van der Waals surface area contributed by atoms with Gasteiger partial charge < -0.3 is 0 Å². The van der Waals surface area contributed by atoms with Gasteiger partial charge in [-0.3, -0.25) is 0 Å². The molecule has 0 bridgehead atoms. The average molecular weight is 637 g/mol. The summed E-state index contributed by atoms with van der Waals surface area (Å²) in [5.74, 6) is 0. The van der Waals surface area contributed by atoms with Gasteiger partial charge in [0.15, 0.2) is 0 Å². The molecule has 0 aliphatic heterocycles. The van der Waals surface area contributed by atoms with Crippen LogP contribution in [0.3, 0.4) is 0 Å². The van der Waals surface area contributed by atoms with Gasteiger partial charge in [0.2, 0.25) is 0 Å². The Hall–Kier alpha value is -0.900. The number of hydrogen-bond acceptors (Lipinski definition) is 0. The van der Waals surface area contributed by atoms with E-state index in [2.05, 4.69) is 62.4 Å². The fourth-order valence-corrected chi connectivity index (χ4v) is 7.98. The van der Waals surface area contributed by atoms with Gasteiger partial charge in [-0.15, -0.1) is 0 Å². The predicted octanol–water partition coefficient (Wildman–Crippen LogP) is 13.0. The van der Waals surface area contributed by atoms with E-state index >= 15 is 2.86 Å². The molecule has 0 N–H and O–H groups in total. The molecular formula is C36H58FI. The van der Waals surface area contributed by atoms with Crippen LogP contribution in [-0.2, 0) is 12.8 Å². The molecule has 0 fully saturated rings. The van der Waals surface area contributed by atoms with Gasteiger partial charge in [-0.25, -0.2) is 0 Å². The number of rotatable bonds is 24. The van der Waals surface area contributed by atoms with Crippen molar-refractivity contribution in [1.29, 1.82) is 0 Å². The normalized spacial score (nSPS) is 11.7. The third-order valence-electron chi connectivity index (χ3n) is 7.85. The number of benzene rings is 2. The summed E-state index contributed by atoms with van der Waals surface area (Å²) in [6.45, 7) is 4.56. The van der Waals surface area contributed by atoms with Gasteiger partial charge in [0.05, 0.1) is 0 Å². The second kappa shape index (κ2) is 22.9. The summed E-state index contributed by atoms with van der Waals surface area (Å²) >= 11 is -2.77. The molecule has 216 valence electrons. The molecule has 2 rings (SSSR count). The summed E-state index contributed by atoms with van der Waals surface area (Å²) in [4.78, 5) is 0. The van der Waals surface area contributed by atoms with E-state index in [1.54, 1.807) is 0 Å². The molecule has 0 aliphatic rings. The van der Waals surface area contributed by atoms with Crippen molar-refractivity contribution in [3.05, 3.63) is 66.8 Å². The van der Waals surface area contributed by atoms with E-state index in [4.69, 9.17) is 0 Å². The summed E-state index contributed by atoms with van der Waals surface area (Å²) in [6.07, 6.45) is 29.7. The van der Waals surface area contributed by atoms with E-state index in [0.29, 0.717) is 0 Å². The molecule has 0 aromatic heterocycles. The molecule has 2 aromatic rings. The van der Waals surface area contributed by atoms with Gasteiger partial charge in [-0.1, -0.05) is 52.4 Å². The van der Waals surface area contributed by atoms with Crippen molar-refractivity contribution >= 4 is 20.4 Å². The van der Waals surface area contributed by atoms with E-state index in [1.165, 1.54) is 140 Å². The Morgan fingerprint density at radius 2 is 0.658 bits per heavy atom. The van der Waals surface area contributed by atoms with Crippen LogP contribution in [0.5, 0.6) is 0 Å². The first-order valence-electron chi connectivity index (χ1n) is 16.3. The molecule has 0 amide bonds. The van der Waals surface area contributed by atoms with Gasteiger partial charge in [0.25, 0.3) is 0 Å². The molecule has 0 saturated carbocycles. The van der Waals surface area contributed by atoms with Crippen molar-refractivity contribution < 1.29 is 2.86 Å². The van der Waals surface area contributed by atoms with Crippen LogP contribution in [0.2, 0.25) is 0 Å². The minimum absolute atomic E-state index is 0.934. The van der Waals surface area contributed by atoms with Gasteiger partial charge in [-0.05, 0) is 0 Å². The second-order valence-corrected chi connectivity index (χ2v) is 15.2. The maximum atomic E-state index is 15.3. The zero-order chi connectivity index (χ0) is 27.1. The van der Waals surface area contributed by atoms with Crippen molar-refractivity contribution in [2.24, 2.45) is 0 Å². The first-order valence-corrected chi connectivity index (χ1v) is 19.3. The van der Waals surface area contributed by atoms with E-state index in [1.807, 2.05) is 0 Å². The van der Waals surface area contributed by atoms with Crippen LogP contribution >= 0.6 is 20.4 Å². The van der Waals surface area contributed by atoms with Crippen LogP contribution in [0.15, 0.2) is 48.5 Å². The molecule has 0 atom stereocenters. The van der Waals surface area contributed by atoms with Crippen molar-refractivity contribution in [2.75, 3.05) is 0 Å². The monoisotopic (exact) mass is 636 g/mol. The molecule has 2 heteroatoms. The van der Waals surface area contributed by atoms with E-state index in [-0.39, 0.29) is 0 Å². The SMILES string of the molecule is CCCCCCCCCCCCc1ccc(I(F)c2ccc(CCCCCCCCCCCC)cc2)cc1. The topological polar surface area (TPSA) is 0 Å². The predicted molar refractivity (Wildman–Crippen MR) is 177 cm³/mol. The van der Waals surface area contributed by atoms with E-state index in [0.717, 1.165) is 20.0 Å². The van der Waals surface area contributed by atoms with Crippen molar-refractivity contribution in [3.63, 3.8) is 0 Å². The van der Waals surface area contributed by atoms with Gasteiger partial charge >= 0.3 is 193 Å². The summed E-state index contributed by atoms with van der Waals surface area (Å²) in [6, 6.07) is 16.9. The molecule has 0 unspecified atom stereocenters. The van der Waals surface area contributed by atoms with Crippen LogP contribution < -0.4 is 0 Å². The van der Waals surface area contributed by atoms with Crippen molar-refractivity contribution in [2.45, 2.75) is 155 Å². The fraction of sp³-hybridized carbons (Fsp3) is 0.667. The van der Waals surface area contributed by atoms with Crippen LogP contribution in [0, 0.1) is 7.14 Å². The average Bonchev–Trinajstić information content (AvgIpc) is 2.95. The van der Waals surface area contributed by atoms with Gasteiger partial charge in [0.1, 0.15) is 0 Å². The number of halogens is 2. The fourth-order valence-electron chi connectivity index (χ4n) is 5.28. The molecule has 2 aromatic carbocycles. The second-order valence-electron chi connectivity index (χ2n) is 11.4. The third kappa shape index (κ3) is 15.6. The Morgan fingerprint density at radius 3 is 0.947 bits per heavy atom. The Balaban J connectivity index is 1.57. The molecule has 0 heterocycles. The minimum atomic E-state index is -2.77. The molecule has 0 saturated heterocycles. The van der Waals surface area contributed by atoms with Crippen LogP contribution in [-0.4, -0.2) is 0 Å². The summed E-state index contributed by atoms with van der Waals surface area (Å²) in [5.41, 5.74) is 2.73. The number of hydrogen-bond donors (Lipinski definition) is 0. The third-order valence-corrected chi connectivity index (χ3v) is 11.5. The maximum absolute atomic E-state index is 15.3. The zero-order valence-corrected chi connectivity index (χ0v) is 27.1. The van der Waals surface area contributed by atoms with Crippen LogP contribution in [0.25, 0.3) is 0 Å². The Morgan fingerprint density at radius 1 is 0.395 bits per heavy atom.